The number of allylic oxidation sites excluding steroid dienone is 1. The molecule has 0 amide bonds. The van der Waals surface area contributed by atoms with Crippen molar-refractivity contribution in [2.75, 3.05) is 7.05 Å². The van der Waals surface area contributed by atoms with Crippen molar-refractivity contribution in [2.24, 2.45) is 15.7 Å². The highest BCUT2D eigenvalue weighted by Gasteiger charge is 2.08. The molecule has 1 aliphatic heterocycles. The molecule has 2 N–H and O–H groups in total. The number of hydrogen-bond donors (Lipinski definition) is 1. The summed E-state index contributed by atoms with van der Waals surface area (Å²) < 4.78 is 0. The molecule has 4 nitrogen and oxygen atoms in total. The van der Waals surface area contributed by atoms with Crippen LogP contribution in [0, 0.1) is 0 Å². The van der Waals surface area contributed by atoms with Gasteiger partial charge >= 0.3 is 0 Å². The zero-order valence-corrected chi connectivity index (χ0v) is 7.28. The van der Waals surface area contributed by atoms with Crippen molar-refractivity contribution in [1.82, 2.24) is 4.90 Å². The van der Waals surface area contributed by atoms with Gasteiger partial charge in [-0.05, 0) is 19.2 Å². The van der Waals surface area contributed by atoms with Gasteiger partial charge in [-0.25, -0.2) is 9.98 Å². The van der Waals surface area contributed by atoms with Gasteiger partial charge in [-0.1, -0.05) is 0 Å². The van der Waals surface area contributed by atoms with Gasteiger partial charge in [0.15, 0.2) is 11.6 Å². The first kappa shape index (κ1) is 8.52. The Bertz CT molecular complexity index is 285. The maximum atomic E-state index is 5.55. The van der Waals surface area contributed by atoms with E-state index < -0.39 is 0 Å². The number of nitrogens with zero attached hydrogens (tertiary/aromatic N) is 3. The van der Waals surface area contributed by atoms with Crippen LogP contribution >= 0.6 is 0 Å². The molecule has 0 saturated heterocycles. The third kappa shape index (κ3) is 1.53. The van der Waals surface area contributed by atoms with E-state index in [9.17, 15) is 0 Å². The molecule has 0 bridgehead atoms. The van der Waals surface area contributed by atoms with E-state index >= 15 is 0 Å². The molecule has 1 heterocycles. The fraction of sp³-hybridized carbons (Fsp3) is 0.250. The van der Waals surface area contributed by atoms with Crippen LogP contribution in [0.25, 0.3) is 0 Å². The lowest BCUT2D eigenvalue weighted by molar-refractivity contribution is 0.544. The van der Waals surface area contributed by atoms with Crippen molar-refractivity contribution < 1.29 is 0 Å². The molecule has 0 aromatic rings. The Balaban J connectivity index is 3.00. The van der Waals surface area contributed by atoms with Crippen LogP contribution in [0.5, 0.6) is 0 Å². The predicted octanol–water partition coefficient (Wildman–Crippen LogP) is 0.692. The van der Waals surface area contributed by atoms with E-state index in [1.165, 1.54) is 0 Å². The molecule has 0 fully saturated rings. The minimum atomic E-state index is 0.345. The standard InChI is InChI=1S/C8H12N4/c1-6-4-11-8(7(9)10-2)12(3)5-6/h4-5H,2,9H2,1,3H3/b8-7-. The highest BCUT2D eigenvalue weighted by atomic mass is 15.2. The van der Waals surface area contributed by atoms with Gasteiger partial charge in [-0.15, -0.1) is 0 Å². The van der Waals surface area contributed by atoms with Gasteiger partial charge in [-0.2, -0.15) is 0 Å². The Morgan fingerprint density at radius 1 is 1.75 bits per heavy atom. The molecule has 64 valence electrons. The van der Waals surface area contributed by atoms with Crippen LogP contribution in [0.2, 0.25) is 0 Å². The summed E-state index contributed by atoms with van der Waals surface area (Å²) in [4.78, 5) is 9.54. The summed E-state index contributed by atoms with van der Waals surface area (Å²) in [6, 6.07) is 0. The summed E-state index contributed by atoms with van der Waals surface area (Å²) >= 11 is 0. The van der Waals surface area contributed by atoms with Crippen LogP contribution in [0.3, 0.4) is 0 Å². The second-order valence-corrected chi connectivity index (χ2v) is 2.61. The zero-order valence-electron chi connectivity index (χ0n) is 7.28. The summed E-state index contributed by atoms with van der Waals surface area (Å²) in [6.45, 7) is 5.30. The predicted molar refractivity (Wildman–Crippen MR) is 50.8 cm³/mol. The first-order valence-electron chi connectivity index (χ1n) is 3.57. The Hall–Kier alpha value is -1.58. The first-order valence-corrected chi connectivity index (χ1v) is 3.57. The largest absolute Gasteiger partial charge is 0.381 e. The van der Waals surface area contributed by atoms with E-state index in [2.05, 4.69) is 16.7 Å². The molecule has 0 spiro atoms. The van der Waals surface area contributed by atoms with Gasteiger partial charge in [0.05, 0.1) is 0 Å². The van der Waals surface area contributed by atoms with Gasteiger partial charge in [0, 0.05) is 19.5 Å². The minimum absolute atomic E-state index is 0.345. The van der Waals surface area contributed by atoms with Crippen molar-refractivity contribution >= 4 is 12.9 Å². The quantitative estimate of drug-likeness (QED) is 0.580. The van der Waals surface area contributed by atoms with Crippen molar-refractivity contribution in [3.05, 3.63) is 23.4 Å². The highest BCUT2D eigenvalue weighted by molar-refractivity contribution is 5.79. The third-order valence-electron chi connectivity index (χ3n) is 1.52. The molecule has 0 aromatic heterocycles. The third-order valence-corrected chi connectivity index (χ3v) is 1.52. The average Bonchev–Trinajstić information content (AvgIpc) is 2.03. The monoisotopic (exact) mass is 164 g/mol. The summed E-state index contributed by atoms with van der Waals surface area (Å²) in [7, 11) is 1.87. The van der Waals surface area contributed by atoms with E-state index in [-0.39, 0.29) is 0 Å². The van der Waals surface area contributed by atoms with E-state index in [0.717, 1.165) is 5.57 Å². The van der Waals surface area contributed by atoms with Crippen LogP contribution in [-0.4, -0.2) is 24.9 Å². The second-order valence-electron chi connectivity index (χ2n) is 2.61. The molecule has 1 aliphatic rings. The zero-order chi connectivity index (χ0) is 9.14. The molecule has 0 aliphatic carbocycles. The van der Waals surface area contributed by atoms with Crippen LogP contribution in [0.4, 0.5) is 0 Å². The van der Waals surface area contributed by atoms with Crippen molar-refractivity contribution in [3.8, 4) is 0 Å². The lowest BCUT2D eigenvalue weighted by Gasteiger charge is -2.19. The summed E-state index contributed by atoms with van der Waals surface area (Å²) in [6.07, 6.45) is 3.67. The number of hydrogen-bond acceptors (Lipinski definition) is 4. The van der Waals surface area contributed by atoms with E-state index in [0.29, 0.717) is 11.6 Å². The summed E-state index contributed by atoms with van der Waals surface area (Å²) in [5.41, 5.74) is 6.63. The molecule has 12 heavy (non-hydrogen) atoms. The Morgan fingerprint density at radius 2 is 2.42 bits per heavy atom. The van der Waals surface area contributed by atoms with E-state index in [1.54, 1.807) is 6.21 Å². The van der Waals surface area contributed by atoms with Crippen molar-refractivity contribution in [1.29, 1.82) is 0 Å². The topological polar surface area (TPSA) is 54.0 Å². The van der Waals surface area contributed by atoms with Crippen LogP contribution in [0.1, 0.15) is 6.92 Å². The van der Waals surface area contributed by atoms with Crippen LogP contribution in [-0.2, 0) is 0 Å². The SMILES string of the molecule is C=N/C(N)=C1/N=CC(C)=CN1C. The summed E-state index contributed by atoms with van der Waals surface area (Å²) in [5, 5.41) is 0. The fourth-order valence-electron chi connectivity index (χ4n) is 0.971. The fourth-order valence-corrected chi connectivity index (χ4v) is 0.971. The normalized spacial score (nSPS) is 20.5. The van der Waals surface area contributed by atoms with Gasteiger partial charge < -0.3 is 10.6 Å². The number of aliphatic imine (C=N–C) groups is 2. The van der Waals surface area contributed by atoms with Crippen LogP contribution < -0.4 is 5.73 Å². The van der Waals surface area contributed by atoms with Gasteiger partial charge in [0.1, 0.15) is 0 Å². The highest BCUT2D eigenvalue weighted by Crippen LogP contribution is 2.13. The molecule has 0 saturated carbocycles. The van der Waals surface area contributed by atoms with E-state index in [1.807, 2.05) is 25.1 Å². The molecular formula is C8H12N4. The number of rotatable bonds is 1. The van der Waals surface area contributed by atoms with Crippen molar-refractivity contribution in [3.63, 3.8) is 0 Å². The van der Waals surface area contributed by atoms with E-state index in [4.69, 9.17) is 5.73 Å². The van der Waals surface area contributed by atoms with Gasteiger partial charge in [0.25, 0.3) is 0 Å². The molecule has 0 radical (unpaired) electrons. The molecule has 0 atom stereocenters. The minimum Gasteiger partial charge on any atom is -0.381 e. The van der Waals surface area contributed by atoms with Gasteiger partial charge in [0.2, 0.25) is 0 Å². The Morgan fingerprint density at radius 3 is 2.92 bits per heavy atom. The van der Waals surface area contributed by atoms with Crippen molar-refractivity contribution in [2.45, 2.75) is 6.92 Å². The molecular weight excluding hydrogens is 152 g/mol. The number of nitrogens with two attached hydrogens (primary N) is 1. The molecule has 0 unspecified atom stereocenters. The summed E-state index contributed by atoms with van der Waals surface area (Å²) in [5.74, 6) is 0.980. The lowest BCUT2D eigenvalue weighted by atomic mass is 10.3. The molecule has 1 rings (SSSR count). The smallest absolute Gasteiger partial charge is 0.175 e. The average molecular weight is 164 g/mol. The maximum Gasteiger partial charge on any atom is 0.175 e. The first-order chi connectivity index (χ1) is 5.65. The Kier molecular flexibility index (Phi) is 2.28. The lowest BCUT2D eigenvalue weighted by Crippen LogP contribution is -2.17. The Labute approximate surface area is 71.8 Å². The van der Waals surface area contributed by atoms with Crippen LogP contribution in [0.15, 0.2) is 33.4 Å². The maximum absolute atomic E-state index is 5.55. The molecule has 0 aromatic carbocycles. The van der Waals surface area contributed by atoms with Gasteiger partial charge in [-0.3, -0.25) is 0 Å². The molecule has 4 heteroatoms. The second kappa shape index (κ2) is 3.21.